The van der Waals surface area contributed by atoms with Gasteiger partial charge in [-0.2, -0.15) is 5.10 Å². The van der Waals surface area contributed by atoms with E-state index in [1.54, 1.807) is 23.3 Å². The van der Waals surface area contributed by atoms with Crippen LogP contribution in [0.5, 0.6) is 0 Å². The highest BCUT2D eigenvalue weighted by molar-refractivity contribution is 9.10. The molecule has 0 radical (unpaired) electrons. The predicted octanol–water partition coefficient (Wildman–Crippen LogP) is 6.14. The molecule has 8 heteroatoms. The van der Waals surface area contributed by atoms with E-state index in [1.165, 1.54) is 0 Å². The van der Waals surface area contributed by atoms with Crippen molar-refractivity contribution in [3.63, 3.8) is 0 Å². The second kappa shape index (κ2) is 9.20. The Kier molecular flexibility index (Phi) is 6.88. The van der Waals surface area contributed by atoms with Gasteiger partial charge in [0.05, 0.1) is 10.7 Å². The van der Waals surface area contributed by atoms with Gasteiger partial charge in [0.2, 0.25) is 0 Å². The van der Waals surface area contributed by atoms with Crippen molar-refractivity contribution in [2.75, 3.05) is 16.9 Å². The molecule has 2 heterocycles. The van der Waals surface area contributed by atoms with E-state index in [9.17, 15) is 0 Å². The van der Waals surface area contributed by atoms with Gasteiger partial charge in [0.1, 0.15) is 11.2 Å². The van der Waals surface area contributed by atoms with Gasteiger partial charge >= 0.3 is 0 Å². The van der Waals surface area contributed by atoms with E-state index in [0.717, 1.165) is 39.2 Å². The number of nitrogens with one attached hydrogen (secondary N) is 2. The van der Waals surface area contributed by atoms with Crippen molar-refractivity contribution in [3.05, 3.63) is 69.9 Å². The van der Waals surface area contributed by atoms with Crippen LogP contribution in [-0.2, 0) is 0 Å². The average molecular weight is 495 g/mol. The van der Waals surface area contributed by atoms with Crippen LogP contribution in [0.25, 0.3) is 5.70 Å². The fourth-order valence-electron chi connectivity index (χ4n) is 3.18. The van der Waals surface area contributed by atoms with Crippen molar-refractivity contribution in [2.45, 2.75) is 26.3 Å². The van der Waals surface area contributed by atoms with Crippen LogP contribution in [-0.4, -0.2) is 22.7 Å². The molecule has 0 saturated heterocycles. The number of anilines is 2. The molecule has 2 N–H and O–H groups in total. The number of halogens is 3. The van der Waals surface area contributed by atoms with Gasteiger partial charge in [0.25, 0.3) is 0 Å². The topological polar surface area (TPSA) is 52.6 Å². The largest absolute Gasteiger partial charge is 0.385 e. The van der Waals surface area contributed by atoms with Gasteiger partial charge in [-0.1, -0.05) is 52.3 Å². The van der Waals surface area contributed by atoms with E-state index in [4.69, 9.17) is 23.2 Å². The summed E-state index contributed by atoms with van der Waals surface area (Å²) in [5.41, 5.74) is 4.52. The SMILES string of the molecule is C=C(NCC)c1cc(Br)cc(C)c1NC(=C)C1CC(Cl)=NN1c1ncccc1Cl. The summed E-state index contributed by atoms with van der Waals surface area (Å²) in [6.45, 7) is 13.3. The predicted molar refractivity (Wildman–Crippen MR) is 128 cm³/mol. The van der Waals surface area contributed by atoms with Gasteiger partial charge in [-0.05, 0) is 43.7 Å². The van der Waals surface area contributed by atoms with Crippen LogP contribution < -0.4 is 15.6 Å². The summed E-state index contributed by atoms with van der Waals surface area (Å²) in [5, 5.41) is 13.9. The zero-order valence-corrected chi connectivity index (χ0v) is 19.4. The fourth-order valence-corrected chi connectivity index (χ4v) is 4.19. The smallest absolute Gasteiger partial charge is 0.168 e. The Morgan fingerprint density at radius 3 is 2.79 bits per heavy atom. The lowest BCUT2D eigenvalue weighted by Gasteiger charge is -2.27. The lowest BCUT2D eigenvalue weighted by molar-refractivity contribution is 0.742. The Hall–Kier alpha value is -2.02. The molecule has 1 atom stereocenters. The highest BCUT2D eigenvalue weighted by Crippen LogP contribution is 2.35. The summed E-state index contributed by atoms with van der Waals surface area (Å²) < 4.78 is 0.981. The maximum absolute atomic E-state index is 6.33. The summed E-state index contributed by atoms with van der Waals surface area (Å²) >= 11 is 16.2. The molecule has 1 aliphatic rings. The Bertz CT molecular complexity index is 989. The number of aryl methyl sites for hydroxylation is 1. The first-order chi connectivity index (χ1) is 13.8. The number of pyridine rings is 1. The first-order valence-corrected chi connectivity index (χ1v) is 10.7. The fraction of sp³-hybridized carbons (Fsp3) is 0.238. The van der Waals surface area contributed by atoms with Gasteiger partial charge in [0.15, 0.2) is 5.82 Å². The van der Waals surface area contributed by atoms with Crippen LogP contribution in [0.15, 0.2) is 58.9 Å². The molecule has 3 rings (SSSR count). The van der Waals surface area contributed by atoms with Gasteiger partial charge in [-0.15, -0.1) is 0 Å². The maximum Gasteiger partial charge on any atom is 0.168 e. The van der Waals surface area contributed by atoms with Crippen molar-refractivity contribution in [3.8, 4) is 0 Å². The molecule has 1 unspecified atom stereocenters. The molecule has 0 saturated carbocycles. The van der Waals surface area contributed by atoms with Crippen molar-refractivity contribution >= 4 is 61.5 Å². The second-order valence-corrected chi connectivity index (χ2v) is 8.41. The zero-order chi connectivity index (χ0) is 21.1. The standard InChI is InChI=1S/C21H22BrCl2N5/c1-5-25-13(3)16-10-15(22)9-12(2)20(16)27-14(4)18-11-19(24)28-29(18)21-17(23)7-6-8-26-21/h6-10,18,25,27H,3-5,11H2,1-2H3. The lowest BCUT2D eigenvalue weighted by atomic mass is 10.0. The summed E-state index contributed by atoms with van der Waals surface area (Å²) in [4.78, 5) is 4.36. The van der Waals surface area contributed by atoms with Crippen molar-refractivity contribution in [1.29, 1.82) is 0 Å². The maximum atomic E-state index is 6.33. The minimum Gasteiger partial charge on any atom is -0.385 e. The molecule has 29 heavy (non-hydrogen) atoms. The molecule has 1 aliphatic heterocycles. The highest BCUT2D eigenvalue weighted by Gasteiger charge is 2.32. The van der Waals surface area contributed by atoms with E-state index in [0.29, 0.717) is 22.4 Å². The summed E-state index contributed by atoms with van der Waals surface area (Å²) in [6.07, 6.45) is 2.19. The monoisotopic (exact) mass is 493 g/mol. The molecule has 152 valence electrons. The van der Waals surface area contributed by atoms with Gasteiger partial charge in [-0.25, -0.2) is 9.99 Å². The first kappa shape index (κ1) is 21.7. The van der Waals surface area contributed by atoms with Crippen molar-refractivity contribution in [2.24, 2.45) is 5.10 Å². The molecular formula is C21H22BrCl2N5. The van der Waals surface area contributed by atoms with Crippen LogP contribution in [0.2, 0.25) is 5.02 Å². The Morgan fingerprint density at radius 2 is 2.10 bits per heavy atom. The molecule has 1 aromatic carbocycles. The minimum atomic E-state index is -0.224. The van der Waals surface area contributed by atoms with Crippen LogP contribution in [0, 0.1) is 6.92 Å². The molecule has 1 aromatic heterocycles. The van der Waals surface area contributed by atoms with Gasteiger partial charge in [-0.3, -0.25) is 0 Å². The second-order valence-electron chi connectivity index (χ2n) is 6.65. The summed E-state index contributed by atoms with van der Waals surface area (Å²) in [5.74, 6) is 0.544. The average Bonchev–Trinajstić information content (AvgIpc) is 3.05. The molecule has 0 fully saturated rings. The molecular weight excluding hydrogens is 473 g/mol. The van der Waals surface area contributed by atoms with E-state index in [2.05, 4.69) is 49.8 Å². The number of benzene rings is 1. The third-order valence-corrected chi connectivity index (χ3v) is 5.52. The number of hydrogen-bond acceptors (Lipinski definition) is 5. The molecule has 2 aromatic rings. The van der Waals surface area contributed by atoms with Gasteiger partial charge in [0, 0.05) is 40.6 Å². The van der Waals surface area contributed by atoms with Crippen molar-refractivity contribution < 1.29 is 0 Å². The Balaban J connectivity index is 1.92. The van der Waals surface area contributed by atoms with Gasteiger partial charge < -0.3 is 10.6 Å². The Labute approximate surface area is 189 Å². The van der Waals surface area contributed by atoms with Crippen LogP contribution in [0.3, 0.4) is 0 Å². The first-order valence-electron chi connectivity index (χ1n) is 9.13. The minimum absolute atomic E-state index is 0.224. The third kappa shape index (κ3) is 4.77. The van der Waals surface area contributed by atoms with Crippen LogP contribution in [0.4, 0.5) is 11.5 Å². The normalized spacial score (nSPS) is 15.8. The molecule has 0 bridgehead atoms. The number of nitrogens with zero attached hydrogens (tertiary/aromatic N) is 3. The quantitative estimate of drug-likeness (QED) is 0.485. The number of aromatic nitrogens is 1. The molecule has 0 spiro atoms. The molecule has 0 amide bonds. The zero-order valence-electron chi connectivity index (χ0n) is 16.3. The molecule has 5 nitrogen and oxygen atoms in total. The summed E-state index contributed by atoms with van der Waals surface area (Å²) in [6, 6.07) is 7.40. The number of hydrogen-bond donors (Lipinski definition) is 2. The van der Waals surface area contributed by atoms with Crippen LogP contribution >= 0.6 is 39.1 Å². The number of hydrazone groups is 1. The molecule has 0 aliphatic carbocycles. The highest BCUT2D eigenvalue weighted by atomic mass is 79.9. The third-order valence-electron chi connectivity index (χ3n) is 4.53. The van der Waals surface area contributed by atoms with E-state index < -0.39 is 0 Å². The van der Waals surface area contributed by atoms with Crippen molar-refractivity contribution in [1.82, 2.24) is 10.3 Å². The van der Waals surface area contributed by atoms with E-state index in [-0.39, 0.29) is 6.04 Å². The van der Waals surface area contributed by atoms with E-state index >= 15 is 0 Å². The summed E-state index contributed by atoms with van der Waals surface area (Å²) in [7, 11) is 0. The lowest BCUT2D eigenvalue weighted by Crippen LogP contribution is -2.32. The van der Waals surface area contributed by atoms with E-state index in [1.807, 2.05) is 26.0 Å². The number of rotatable bonds is 7. The van der Waals surface area contributed by atoms with Crippen LogP contribution in [0.1, 0.15) is 24.5 Å². The Morgan fingerprint density at radius 1 is 1.34 bits per heavy atom.